The monoisotopic (exact) mass is 416 g/mol. The van der Waals surface area contributed by atoms with Crippen molar-refractivity contribution in [3.63, 3.8) is 0 Å². The maximum absolute atomic E-state index is 12.4. The van der Waals surface area contributed by atoms with Crippen LogP contribution in [0.15, 0.2) is 65.7 Å². The number of piperidine rings is 1. The van der Waals surface area contributed by atoms with Gasteiger partial charge in [-0.15, -0.1) is 0 Å². The minimum Gasteiger partial charge on any atom is -0.372 e. The van der Waals surface area contributed by atoms with E-state index in [0.29, 0.717) is 12.5 Å². The first-order valence-electron chi connectivity index (χ1n) is 11.2. The molecule has 2 aromatic heterocycles. The normalized spacial score (nSPS) is 19.8. The second kappa shape index (κ2) is 9.12. The van der Waals surface area contributed by atoms with Gasteiger partial charge >= 0.3 is 0 Å². The lowest BCUT2D eigenvalue weighted by Gasteiger charge is -2.36. The van der Waals surface area contributed by atoms with Gasteiger partial charge in [-0.2, -0.15) is 5.10 Å². The molecule has 1 atom stereocenters. The van der Waals surface area contributed by atoms with E-state index in [1.807, 2.05) is 12.1 Å². The molecule has 1 aromatic carbocycles. The van der Waals surface area contributed by atoms with Gasteiger partial charge in [-0.25, -0.2) is 4.68 Å². The Kier molecular flexibility index (Phi) is 5.91. The third kappa shape index (κ3) is 4.60. The van der Waals surface area contributed by atoms with Crippen LogP contribution >= 0.6 is 0 Å². The maximum Gasteiger partial charge on any atom is 0.266 e. The van der Waals surface area contributed by atoms with Crippen LogP contribution in [0, 0.1) is 5.92 Å². The average Bonchev–Trinajstić information content (AvgIpc) is 2.82. The van der Waals surface area contributed by atoms with Crippen LogP contribution in [-0.2, 0) is 17.7 Å². The summed E-state index contributed by atoms with van der Waals surface area (Å²) in [5, 5.41) is 4.62. The van der Waals surface area contributed by atoms with Crippen molar-refractivity contribution in [2.24, 2.45) is 5.92 Å². The van der Waals surface area contributed by atoms with Gasteiger partial charge in [0.1, 0.15) is 0 Å². The molecule has 6 nitrogen and oxygen atoms in total. The van der Waals surface area contributed by atoms with Crippen molar-refractivity contribution in [2.45, 2.75) is 31.9 Å². The Balaban J connectivity index is 1.20. The fourth-order valence-electron chi connectivity index (χ4n) is 4.71. The highest BCUT2D eigenvalue weighted by atomic mass is 16.5. The molecule has 4 heterocycles. The van der Waals surface area contributed by atoms with Gasteiger partial charge in [0.05, 0.1) is 18.4 Å². The van der Waals surface area contributed by atoms with E-state index < -0.39 is 0 Å². The number of hydrogen-bond acceptors (Lipinski definition) is 5. The largest absolute Gasteiger partial charge is 0.372 e. The maximum atomic E-state index is 12.4. The van der Waals surface area contributed by atoms with E-state index in [9.17, 15) is 4.79 Å². The molecule has 0 spiro atoms. The molecule has 3 aromatic rings. The molecule has 160 valence electrons. The van der Waals surface area contributed by atoms with Crippen LogP contribution in [0.25, 0.3) is 11.3 Å². The van der Waals surface area contributed by atoms with Crippen LogP contribution < -0.4 is 5.56 Å². The van der Waals surface area contributed by atoms with Crippen molar-refractivity contribution in [1.82, 2.24) is 19.7 Å². The van der Waals surface area contributed by atoms with Gasteiger partial charge in [0.15, 0.2) is 0 Å². The summed E-state index contributed by atoms with van der Waals surface area (Å²) >= 11 is 0. The summed E-state index contributed by atoms with van der Waals surface area (Å²) < 4.78 is 7.73. The van der Waals surface area contributed by atoms with Crippen LogP contribution in [0.5, 0.6) is 0 Å². The predicted molar refractivity (Wildman–Crippen MR) is 120 cm³/mol. The van der Waals surface area contributed by atoms with Crippen molar-refractivity contribution in [1.29, 1.82) is 0 Å². The van der Waals surface area contributed by atoms with E-state index in [1.165, 1.54) is 11.1 Å². The van der Waals surface area contributed by atoms with Crippen molar-refractivity contribution in [3.05, 3.63) is 82.4 Å². The lowest BCUT2D eigenvalue weighted by molar-refractivity contribution is 0.00782. The molecule has 1 unspecified atom stereocenters. The van der Waals surface area contributed by atoms with Crippen LogP contribution in [0.3, 0.4) is 0 Å². The van der Waals surface area contributed by atoms with Gasteiger partial charge in [0, 0.05) is 37.1 Å². The van der Waals surface area contributed by atoms with Crippen LogP contribution in [0.4, 0.5) is 0 Å². The van der Waals surface area contributed by atoms with Crippen molar-refractivity contribution >= 4 is 0 Å². The molecule has 6 heteroatoms. The van der Waals surface area contributed by atoms with Gasteiger partial charge in [-0.3, -0.25) is 9.78 Å². The SMILES string of the molecule is O=c1ccc(-c2ccncc2)nn1CC1CCN(CC2OCCc3ccccc32)CC1. The fourth-order valence-corrected chi connectivity index (χ4v) is 4.71. The molecule has 0 N–H and O–H groups in total. The molecule has 0 radical (unpaired) electrons. The van der Waals surface area contributed by atoms with Gasteiger partial charge in [-0.1, -0.05) is 24.3 Å². The van der Waals surface area contributed by atoms with Gasteiger partial charge in [0.2, 0.25) is 0 Å². The van der Waals surface area contributed by atoms with E-state index in [1.54, 1.807) is 29.2 Å². The molecule has 0 aliphatic carbocycles. The highest BCUT2D eigenvalue weighted by Gasteiger charge is 2.26. The van der Waals surface area contributed by atoms with Crippen molar-refractivity contribution < 1.29 is 4.74 Å². The topological polar surface area (TPSA) is 60.2 Å². The first kappa shape index (κ1) is 20.1. The van der Waals surface area contributed by atoms with Crippen molar-refractivity contribution in [2.75, 3.05) is 26.2 Å². The first-order valence-corrected chi connectivity index (χ1v) is 11.2. The number of likely N-dealkylation sites (tertiary alicyclic amines) is 1. The molecule has 0 saturated carbocycles. The molecule has 1 saturated heterocycles. The number of pyridine rings is 1. The summed E-state index contributed by atoms with van der Waals surface area (Å²) in [6, 6.07) is 15.9. The Morgan fingerprint density at radius 2 is 1.77 bits per heavy atom. The number of rotatable bonds is 5. The lowest BCUT2D eigenvalue weighted by Crippen LogP contribution is -2.40. The summed E-state index contributed by atoms with van der Waals surface area (Å²) in [4.78, 5) is 18.9. The summed E-state index contributed by atoms with van der Waals surface area (Å²) in [6.07, 6.45) is 6.81. The number of nitrogens with zero attached hydrogens (tertiary/aromatic N) is 4. The Morgan fingerprint density at radius 3 is 2.61 bits per heavy atom. The van der Waals surface area contributed by atoms with E-state index >= 15 is 0 Å². The Hall–Kier alpha value is -2.83. The summed E-state index contributed by atoms with van der Waals surface area (Å²) in [5.74, 6) is 0.466. The molecule has 1 fully saturated rings. The zero-order valence-electron chi connectivity index (χ0n) is 17.7. The smallest absolute Gasteiger partial charge is 0.266 e. The predicted octanol–water partition coefficient (Wildman–Crippen LogP) is 3.33. The molecular weight excluding hydrogens is 388 g/mol. The Labute approximate surface area is 182 Å². The summed E-state index contributed by atoms with van der Waals surface area (Å²) in [7, 11) is 0. The van der Waals surface area contributed by atoms with Crippen molar-refractivity contribution in [3.8, 4) is 11.3 Å². The minimum atomic E-state index is -0.0348. The van der Waals surface area contributed by atoms with E-state index in [0.717, 1.165) is 56.8 Å². The molecule has 5 rings (SSSR count). The summed E-state index contributed by atoms with van der Waals surface area (Å²) in [5.41, 5.74) is 4.53. The second-order valence-corrected chi connectivity index (χ2v) is 8.53. The molecule has 2 aliphatic rings. The third-order valence-electron chi connectivity index (χ3n) is 6.50. The number of benzene rings is 1. The number of fused-ring (bicyclic) bond motifs is 1. The molecule has 2 aliphatic heterocycles. The first-order chi connectivity index (χ1) is 15.3. The molecule has 0 bridgehead atoms. The lowest BCUT2D eigenvalue weighted by atomic mass is 9.94. The van der Waals surface area contributed by atoms with Gasteiger partial charge in [-0.05, 0) is 67.6 Å². The Morgan fingerprint density at radius 1 is 0.968 bits per heavy atom. The quantitative estimate of drug-likeness (QED) is 0.639. The second-order valence-electron chi connectivity index (χ2n) is 8.53. The zero-order valence-corrected chi connectivity index (χ0v) is 17.7. The minimum absolute atomic E-state index is 0.0348. The van der Waals surface area contributed by atoms with Crippen LogP contribution in [0.1, 0.15) is 30.1 Å². The van der Waals surface area contributed by atoms with E-state index in [4.69, 9.17) is 4.74 Å². The standard InChI is InChI=1S/C25H28N4O2/c30-25-6-5-23(21-7-12-26-13-8-21)27-29(25)17-19-9-14-28(15-10-19)18-24-22-4-2-1-3-20(22)11-16-31-24/h1-8,12-13,19,24H,9-11,14-18H2. The highest BCUT2D eigenvalue weighted by molar-refractivity contribution is 5.56. The average molecular weight is 417 g/mol. The summed E-state index contributed by atoms with van der Waals surface area (Å²) in [6.45, 7) is 4.49. The van der Waals surface area contributed by atoms with Crippen LogP contribution in [-0.4, -0.2) is 45.9 Å². The van der Waals surface area contributed by atoms with E-state index in [-0.39, 0.29) is 11.7 Å². The third-order valence-corrected chi connectivity index (χ3v) is 6.50. The molecular formula is C25H28N4O2. The zero-order chi connectivity index (χ0) is 21.0. The van der Waals surface area contributed by atoms with Gasteiger partial charge < -0.3 is 9.64 Å². The van der Waals surface area contributed by atoms with Gasteiger partial charge in [0.25, 0.3) is 5.56 Å². The number of hydrogen-bond donors (Lipinski definition) is 0. The number of aromatic nitrogens is 3. The van der Waals surface area contributed by atoms with E-state index in [2.05, 4.69) is 39.2 Å². The number of ether oxygens (including phenoxy) is 1. The van der Waals surface area contributed by atoms with Crippen LogP contribution in [0.2, 0.25) is 0 Å². The molecule has 31 heavy (non-hydrogen) atoms. The Bertz CT molecular complexity index is 1070. The highest BCUT2D eigenvalue weighted by Crippen LogP contribution is 2.29. The fraction of sp³-hybridized carbons (Fsp3) is 0.400. The molecule has 0 amide bonds.